The minimum atomic E-state index is -3.94. The number of carbonyl (C=O) groups excluding carboxylic acids is 2. The first-order chi connectivity index (χ1) is 16.5. The summed E-state index contributed by atoms with van der Waals surface area (Å²) in [6.07, 6.45) is 4.76. The molecule has 3 rings (SSSR count). The highest BCUT2D eigenvalue weighted by molar-refractivity contribution is 7.92. The zero-order valence-corrected chi connectivity index (χ0v) is 21.8. The van der Waals surface area contributed by atoms with Crippen LogP contribution in [0.4, 0.5) is 10.1 Å². The average Bonchev–Trinajstić information content (AvgIpc) is 3.30. The van der Waals surface area contributed by atoms with Gasteiger partial charge in [-0.25, -0.2) is 12.8 Å². The Morgan fingerprint density at radius 1 is 1.11 bits per heavy atom. The molecule has 1 fully saturated rings. The number of nitrogens with one attached hydrogen (secondary N) is 1. The molecule has 0 aromatic heterocycles. The Labute approximate surface area is 215 Å². The highest BCUT2D eigenvalue weighted by Crippen LogP contribution is 2.31. The van der Waals surface area contributed by atoms with Crippen LogP contribution in [-0.2, 0) is 26.2 Å². The van der Waals surface area contributed by atoms with Gasteiger partial charge in [0.15, 0.2) is 0 Å². The molecular weight excluding hydrogens is 516 g/mol. The van der Waals surface area contributed by atoms with Crippen molar-refractivity contribution in [3.63, 3.8) is 0 Å². The number of hydrogen-bond acceptors (Lipinski definition) is 4. The lowest BCUT2D eigenvalue weighted by Gasteiger charge is -2.32. The topological polar surface area (TPSA) is 86.8 Å². The number of halogens is 3. The van der Waals surface area contributed by atoms with Crippen molar-refractivity contribution in [2.75, 3.05) is 17.1 Å². The van der Waals surface area contributed by atoms with E-state index in [9.17, 15) is 22.4 Å². The van der Waals surface area contributed by atoms with Gasteiger partial charge in [0.1, 0.15) is 18.4 Å². The summed E-state index contributed by atoms with van der Waals surface area (Å²) in [6, 6.07) is 9.00. The molecule has 0 spiro atoms. The van der Waals surface area contributed by atoms with Crippen molar-refractivity contribution in [3.8, 4) is 0 Å². The van der Waals surface area contributed by atoms with E-state index in [1.165, 1.54) is 47.4 Å². The minimum absolute atomic E-state index is 0.0146. The summed E-state index contributed by atoms with van der Waals surface area (Å²) in [6.45, 7) is 0.975. The third-order valence-corrected chi connectivity index (χ3v) is 7.67. The summed E-state index contributed by atoms with van der Waals surface area (Å²) < 4.78 is 39.5. The predicted molar refractivity (Wildman–Crippen MR) is 135 cm³/mol. The highest BCUT2D eigenvalue weighted by Gasteiger charge is 2.32. The van der Waals surface area contributed by atoms with Crippen LogP contribution in [0.3, 0.4) is 0 Å². The first-order valence-corrected chi connectivity index (χ1v) is 13.8. The van der Waals surface area contributed by atoms with Crippen molar-refractivity contribution in [1.82, 2.24) is 10.2 Å². The Bertz CT molecular complexity index is 1170. The Balaban J connectivity index is 1.90. The zero-order valence-electron chi connectivity index (χ0n) is 19.5. The molecule has 1 saturated carbocycles. The van der Waals surface area contributed by atoms with Gasteiger partial charge in [-0.2, -0.15) is 0 Å². The third-order valence-electron chi connectivity index (χ3n) is 5.99. The van der Waals surface area contributed by atoms with Gasteiger partial charge in [-0.05, 0) is 55.7 Å². The second kappa shape index (κ2) is 11.6. The van der Waals surface area contributed by atoms with Crippen molar-refractivity contribution < 1.29 is 22.4 Å². The van der Waals surface area contributed by atoms with E-state index in [0.29, 0.717) is 5.56 Å². The molecule has 2 amide bonds. The van der Waals surface area contributed by atoms with E-state index in [4.69, 9.17) is 23.2 Å². The van der Waals surface area contributed by atoms with E-state index < -0.39 is 34.3 Å². The van der Waals surface area contributed by atoms with Gasteiger partial charge in [-0.3, -0.25) is 13.9 Å². The molecule has 2 aromatic rings. The number of nitrogens with zero attached hydrogens (tertiary/aromatic N) is 2. The SMILES string of the molecule is CC(C(=O)NC1CCCC1)N(Cc1ccc(F)cc1)C(=O)CN(c1cc(Cl)ccc1Cl)S(C)(=O)=O. The molecule has 1 aliphatic carbocycles. The molecule has 1 unspecified atom stereocenters. The first-order valence-electron chi connectivity index (χ1n) is 11.2. The van der Waals surface area contributed by atoms with Crippen molar-refractivity contribution in [2.24, 2.45) is 0 Å². The summed E-state index contributed by atoms with van der Waals surface area (Å²) in [5.41, 5.74) is 0.645. The van der Waals surface area contributed by atoms with Gasteiger partial charge in [0.25, 0.3) is 0 Å². The fourth-order valence-corrected chi connectivity index (χ4v) is 5.32. The molecule has 1 aliphatic rings. The van der Waals surface area contributed by atoms with Crippen LogP contribution in [0.1, 0.15) is 38.2 Å². The molecule has 0 aliphatic heterocycles. The van der Waals surface area contributed by atoms with E-state index in [1.54, 1.807) is 6.92 Å². The fraction of sp³-hybridized carbons (Fsp3) is 0.417. The molecular formula is C24H28Cl2FN3O4S. The van der Waals surface area contributed by atoms with Crippen LogP contribution >= 0.6 is 23.2 Å². The number of rotatable bonds is 9. The lowest BCUT2D eigenvalue weighted by atomic mass is 10.1. The summed E-state index contributed by atoms with van der Waals surface area (Å²) in [4.78, 5) is 27.8. The molecule has 7 nitrogen and oxygen atoms in total. The average molecular weight is 544 g/mol. The second-order valence-electron chi connectivity index (χ2n) is 8.68. The molecule has 2 aromatic carbocycles. The molecule has 11 heteroatoms. The quantitative estimate of drug-likeness (QED) is 0.508. The summed E-state index contributed by atoms with van der Waals surface area (Å²) in [5.74, 6) is -1.39. The second-order valence-corrected chi connectivity index (χ2v) is 11.4. The monoisotopic (exact) mass is 543 g/mol. The number of hydrogen-bond donors (Lipinski definition) is 1. The molecule has 0 saturated heterocycles. The number of carbonyl (C=O) groups is 2. The van der Waals surface area contributed by atoms with Crippen molar-refractivity contribution >= 4 is 50.7 Å². The molecule has 1 N–H and O–H groups in total. The standard InChI is InChI=1S/C24H28Cl2FN3O4S/c1-16(24(32)28-20-5-3-4-6-20)29(14-17-7-10-19(27)11-8-17)23(31)15-30(35(2,33)34)22-13-18(25)9-12-21(22)26/h7-13,16,20H,3-6,14-15H2,1-2H3,(H,28,32). The van der Waals surface area contributed by atoms with E-state index in [2.05, 4.69) is 5.32 Å². The highest BCUT2D eigenvalue weighted by atomic mass is 35.5. The Morgan fingerprint density at radius 2 is 1.74 bits per heavy atom. The van der Waals surface area contributed by atoms with Crippen molar-refractivity contribution in [2.45, 2.75) is 51.2 Å². The van der Waals surface area contributed by atoms with Gasteiger partial charge in [-0.1, -0.05) is 48.2 Å². The minimum Gasteiger partial charge on any atom is -0.352 e. The Morgan fingerprint density at radius 3 is 2.34 bits per heavy atom. The maximum atomic E-state index is 13.5. The van der Waals surface area contributed by atoms with E-state index in [-0.39, 0.29) is 34.2 Å². The first kappa shape index (κ1) is 27.2. The van der Waals surface area contributed by atoms with Crippen LogP contribution in [0.5, 0.6) is 0 Å². The normalized spacial score (nSPS) is 15.0. The number of benzene rings is 2. The molecule has 0 radical (unpaired) electrons. The van der Waals surface area contributed by atoms with Crippen LogP contribution in [0.25, 0.3) is 0 Å². The summed E-state index contributed by atoms with van der Waals surface area (Å²) >= 11 is 12.3. The molecule has 35 heavy (non-hydrogen) atoms. The van der Waals surface area contributed by atoms with E-state index in [0.717, 1.165) is 36.2 Å². The van der Waals surface area contributed by atoms with Crippen molar-refractivity contribution in [1.29, 1.82) is 0 Å². The molecule has 0 bridgehead atoms. The van der Waals surface area contributed by atoms with Crippen molar-refractivity contribution in [3.05, 3.63) is 63.9 Å². The number of anilines is 1. The van der Waals surface area contributed by atoms with E-state index in [1.807, 2.05) is 0 Å². The van der Waals surface area contributed by atoms with Crippen LogP contribution in [-0.4, -0.2) is 50.0 Å². The number of amides is 2. The van der Waals surface area contributed by atoms with Gasteiger partial charge in [0, 0.05) is 17.6 Å². The fourth-order valence-electron chi connectivity index (χ4n) is 4.03. The Kier molecular flexibility index (Phi) is 9.01. The molecule has 190 valence electrons. The zero-order chi connectivity index (χ0) is 25.8. The Hall–Kier alpha value is -2.36. The smallest absolute Gasteiger partial charge is 0.244 e. The van der Waals surface area contributed by atoms with Crippen LogP contribution in [0.2, 0.25) is 10.0 Å². The van der Waals surface area contributed by atoms with E-state index >= 15 is 0 Å². The molecule has 0 heterocycles. The van der Waals surface area contributed by atoms with Gasteiger partial charge < -0.3 is 10.2 Å². The lowest BCUT2D eigenvalue weighted by molar-refractivity contribution is -0.139. The maximum Gasteiger partial charge on any atom is 0.244 e. The van der Waals surface area contributed by atoms with Crippen LogP contribution < -0.4 is 9.62 Å². The molecule has 1 atom stereocenters. The predicted octanol–water partition coefficient (Wildman–Crippen LogP) is 4.37. The van der Waals surface area contributed by atoms with Crippen LogP contribution in [0.15, 0.2) is 42.5 Å². The lowest BCUT2D eigenvalue weighted by Crippen LogP contribution is -2.52. The van der Waals surface area contributed by atoms with Crippen LogP contribution in [0, 0.1) is 5.82 Å². The summed E-state index contributed by atoms with van der Waals surface area (Å²) in [7, 11) is -3.94. The van der Waals surface area contributed by atoms with Gasteiger partial charge >= 0.3 is 0 Å². The largest absolute Gasteiger partial charge is 0.352 e. The summed E-state index contributed by atoms with van der Waals surface area (Å²) in [5, 5.41) is 3.33. The third kappa shape index (κ3) is 7.32. The van der Waals surface area contributed by atoms with Gasteiger partial charge in [0.05, 0.1) is 17.0 Å². The maximum absolute atomic E-state index is 13.5. The van der Waals surface area contributed by atoms with Gasteiger partial charge in [-0.15, -0.1) is 0 Å². The number of sulfonamides is 1. The van der Waals surface area contributed by atoms with Gasteiger partial charge in [0.2, 0.25) is 21.8 Å².